The van der Waals surface area contributed by atoms with Crippen LogP contribution in [0.4, 0.5) is 0 Å². The van der Waals surface area contributed by atoms with Crippen molar-refractivity contribution in [2.75, 3.05) is 65.5 Å². The number of hydrogen-bond donors (Lipinski definition) is 2. The normalized spacial score (nSPS) is 17.8. The van der Waals surface area contributed by atoms with Crippen LogP contribution in [-0.4, -0.2) is 112 Å². The van der Waals surface area contributed by atoms with Gasteiger partial charge in [0.15, 0.2) is 6.61 Å². The maximum atomic E-state index is 12.3. The molecule has 1 spiro atoms. The quantitative estimate of drug-likeness (QED) is 0.194. The molecule has 0 aromatic carbocycles. The number of aromatic amines is 1. The lowest BCUT2D eigenvalue weighted by molar-refractivity contribution is -0.152. The van der Waals surface area contributed by atoms with Crippen molar-refractivity contribution in [3.8, 4) is 0 Å². The van der Waals surface area contributed by atoms with Gasteiger partial charge in [-0.05, 0) is 90.0 Å². The molecule has 4 rings (SSSR count). The number of esters is 1. The highest BCUT2D eigenvalue weighted by molar-refractivity contribution is 5.80. The van der Waals surface area contributed by atoms with Gasteiger partial charge in [0, 0.05) is 70.4 Å². The van der Waals surface area contributed by atoms with Crippen molar-refractivity contribution < 1.29 is 14.3 Å². The lowest BCUT2D eigenvalue weighted by atomic mass is 9.77. The number of ether oxygens (including phenoxy) is 1. The molecule has 1 atom stereocenters. The molecule has 0 saturated carbocycles. The number of nitrogens with one attached hydrogen (secondary N) is 2. The molecule has 4 heterocycles. The summed E-state index contributed by atoms with van der Waals surface area (Å²) in [5, 5.41) is 3.60. The minimum atomic E-state index is -0.346. The van der Waals surface area contributed by atoms with Gasteiger partial charge in [0.05, 0.1) is 6.04 Å². The van der Waals surface area contributed by atoms with E-state index in [0.717, 1.165) is 37.1 Å². The van der Waals surface area contributed by atoms with Crippen molar-refractivity contribution in [3.63, 3.8) is 0 Å². The summed E-state index contributed by atoms with van der Waals surface area (Å²) in [5.41, 5.74) is 0.527. The Morgan fingerprint density at radius 3 is 2.48 bits per heavy atom. The number of H-pyrrole nitrogens is 1. The summed E-state index contributed by atoms with van der Waals surface area (Å²) in [7, 11) is 0. The van der Waals surface area contributed by atoms with Gasteiger partial charge >= 0.3 is 5.97 Å². The molecule has 2 aromatic heterocycles. The van der Waals surface area contributed by atoms with Gasteiger partial charge in [0.2, 0.25) is 0 Å². The van der Waals surface area contributed by atoms with E-state index in [1.165, 1.54) is 52.0 Å². The van der Waals surface area contributed by atoms with Crippen molar-refractivity contribution in [2.45, 2.75) is 85.2 Å². The van der Waals surface area contributed by atoms with Gasteiger partial charge in [0.1, 0.15) is 11.6 Å². The predicted molar refractivity (Wildman–Crippen MR) is 172 cm³/mol. The molecule has 0 aliphatic carbocycles. The van der Waals surface area contributed by atoms with Crippen LogP contribution in [0.2, 0.25) is 0 Å². The Bertz CT molecular complexity index is 1120. The number of piperidine rings is 1. The second-order valence-corrected chi connectivity index (χ2v) is 13.1. The van der Waals surface area contributed by atoms with E-state index in [0.29, 0.717) is 37.9 Å². The first-order valence-electron chi connectivity index (χ1n) is 16.9. The number of rotatable bonds is 18. The van der Waals surface area contributed by atoms with E-state index in [1.54, 1.807) is 11.1 Å². The number of carbonyl (C=O) groups is 2. The first-order valence-corrected chi connectivity index (χ1v) is 16.9. The predicted octanol–water partition coefficient (Wildman–Crippen LogP) is 3.51. The minimum Gasteiger partial charge on any atom is -0.456 e. The van der Waals surface area contributed by atoms with Crippen LogP contribution < -0.4 is 5.32 Å². The van der Waals surface area contributed by atoms with Gasteiger partial charge < -0.3 is 34.3 Å². The van der Waals surface area contributed by atoms with Gasteiger partial charge in [-0.25, -0.2) is 9.97 Å². The largest absolute Gasteiger partial charge is 0.456 e. The fraction of sp³-hybridized carbons (Fsp3) is 0.758. The number of nitrogens with zero attached hydrogens (tertiary/aromatic N) is 6. The van der Waals surface area contributed by atoms with E-state index in [4.69, 9.17) is 9.72 Å². The van der Waals surface area contributed by atoms with Crippen LogP contribution in [0.1, 0.15) is 83.9 Å². The molecule has 2 aliphatic heterocycles. The number of aryl methyl sites for hydroxylation is 1. The van der Waals surface area contributed by atoms with E-state index < -0.39 is 0 Å². The summed E-state index contributed by atoms with van der Waals surface area (Å²) in [4.78, 5) is 43.8. The van der Waals surface area contributed by atoms with Gasteiger partial charge in [-0.15, -0.1) is 0 Å². The van der Waals surface area contributed by atoms with Crippen molar-refractivity contribution in [1.82, 2.24) is 39.5 Å². The van der Waals surface area contributed by atoms with Gasteiger partial charge in [-0.3, -0.25) is 9.59 Å². The molecule has 0 radical (unpaired) electrons. The number of imidazole rings is 2. The lowest BCUT2D eigenvalue weighted by Gasteiger charge is -2.40. The third-order valence-electron chi connectivity index (χ3n) is 9.36. The van der Waals surface area contributed by atoms with Crippen LogP contribution in [0.5, 0.6) is 0 Å². The Kier molecular flexibility index (Phi) is 13.2. The molecule has 0 bridgehead atoms. The van der Waals surface area contributed by atoms with Crippen molar-refractivity contribution in [2.24, 2.45) is 11.3 Å². The van der Waals surface area contributed by atoms with Crippen LogP contribution in [0, 0.1) is 11.3 Å². The van der Waals surface area contributed by atoms with E-state index >= 15 is 0 Å². The van der Waals surface area contributed by atoms with Crippen LogP contribution >= 0.6 is 0 Å². The molecule has 1 unspecified atom stereocenters. The standard InChI is InChI=1S/C33H56N8O3/c1-5-40(6-2)30(42)25-44-31(43)9-7-13-34-28(23-29-35-14-15-36-29)32-37-16-22-41(32)18-8-17-39-21-12-33(26-39)10-19-38(20-11-33)24-27(3)4/h14-16,22,27-28,34H,5-13,17-21,23-26H2,1-4H3,(H,35,36). The zero-order valence-corrected chi connectivity index (χ0v) is 27.6. The zero-order chi connectivity index (χ0) is 31.4. The van der Waals surface area contributed by atoms with Gasteiger partial charge in [-0.1, -0.05) is 13.8 Å². The summed E-state index contributed by atoms with van der Waals surface area (Å²) in [6.07, 6.45) is 14.2. The highest BCUT2D eigenvalue weighted by atomic mass is 16.5. The third kappa shape index (κ3) is 10.1. The number of likely N-dealkylation sites (tertiary alicyclic amines) is 2. The first kappa shape index (κ1) is 34.1. The molecule has 1 amide bonds. The highest BCUT2D eigenvalue weighted by Gasteiger charge is 2.40. The molecular formula is C33H56N8O3. The van der Waals surface area contributed by atoms with Crippen molar-refractivity contribution >= 4 is 11.9 Å². The molecule has 2 fully saturated rings. The summed E-state index contributed by atoms with van der Waals surface area (Å²) >= 11 is 0. The second-order valence-electron chi connectivity index (χ2n) is 13.1. The van der Waals surface area contributed by atoms with Crippen molar-refractivity contribution in [1.29, 1.82) is 0 Å². The third-order valence-corrected chi connectivity index (χ3v) is 9.36. The average molecular weight is 613 g/mol. The molecule has 11 nitrogen and oxygen atoms in total. The molecule has 44 heavy (non-hydrogen) atoms. The molecule has 11 heteroatoms. The average Bonchev–Trinajstić information content (AvgIpc) is 3.78. The zero-order valence-electron chi connectivity index (χ0n) is 27.6. The SMILES string of the molecule is CCN(CC)C(=O)COC(=O)CCCNC(Cc1ncc[nH]1)c1nccn1CCCN1CCC2(CCN(CC(C)C)CC2)C1. The summed E-state index contributed by atoms with van der Waals surface area (Å²) in [5.74, 6) is 2.13. The first-order chi connectivity index (χ1) is 21.3. The molecule has 246 valence electrons. The minimum absolute atomic E-state index is 0.0394. The van der Waals surface area contributed by atoms with E-state index in [1.807, 2.05) is 26.2 Å². The summed E-state index contributed by atoms with van der Waals surface area (Å²) < 4.78 is 7.49. The van der Waals surface area contributed by atoms with E-state index in [2.05, 4.69) is 49.7 Å². The Balaban J connectivity index is 1.22. The maximum absolute atomic E-state index is 12.3. The molecule has 2 aliphatic rings. The number of likely N-dealkylation sites (N-methyl/N-ethyl adjacent to an activating group) is 1. The lowest BCUT2D eigenvalue weighted by Crippen LogP contribution is -2.42. The number of hydrogen-bond acceptors (Lipinski definition) is 8. The summed E-state index contributed by atoms with van der Waals surface area (Å²) in [6.45, 7) is 18.4. The van der Waals surface area contributed by atoms with Gasteiger partial charge in [-0.2, -0.15) is 0 Å². The number of amides is 1. The Hall–Kier alpha value is -2.76. The number of carbonyl (C=O) groups excluding carboxylic acids is 2. The fourth-order valence-electron chi connectivity index (χ4n) is 6.89. The van der Waals surface area contributed by atoms with Crippen LogP contribution in [0.25, 0.3) is 0 Å². The van der Waals surface area contributed by atoms with Gasteiger partial charge in [0.25, 0.3) is 5.91 Å². The Morgan fingerprint density at radius 1 is 1.05 bits per heavy atom. The second kappa shape index (κ2) is 17.1. The fourth-order valence-corrected chi connectivity index (χ4v) is 6.89. The van der Waals surface area contributed by atoms with E-state index in [-0.39, 0.29) is 30.9 Å². The molecule has 2 N–H and O–H groups in total. The Labute approximate surface area is 264 Å². The van der Waals surface area contributed by atoms with Crippen LogP contribution in [0.3, 0.4) is 0 Å². The maximum Gasteiger partial charge on any atom is 0.306 e. The monoisotopic (exact) mass is 612 g/mol. The summed E-state index contributed by atoms with van der Waals surface area (Å²) in [6, 6.07) is -0.0394. The van der Waals surface area contributed by atoms with Crippen LogP contribution in [-0.2, 0) is 27.3 Å². The number of aromatic nitrogens is 4. The highest BCUT2D eigenvalue weighted by Crippen LogP contribution is 2.40. The van der Waals surface area contributed by atoms with E-state index in [9.17, 15) is 9.59 Å². The Morgan fingerprint density at radius 2 is 1.80 bits per heavy atom. The topological polar surface area (TPSA) is 112 Å². The smallest absolute Gasteiger partial charge is 0.306 e. The van der Waals surface area contributed by atoms with Crippen molar-refractivity contribution in [3.05, 3.63) is 36.4 Å². The van der Waals surface area contributed by atoms with Crippen LogP contribution in [0.15, 0.2) is 24.8 Å². The molecular weight excluding hydrogens is 556 g/mol. The molecule has 2 saturated heterocycles. The molecule has 2 aromatic rings.